The zero-order chi connectivity index (χ0) is 13.0. The summed E-state index contributed by atoms with van der Waals surface area (Å²) < 4.78 is 4.33. The molecular weight excluding hydrogens is 292 g/mol. The zero-order valence-corrected chi connectivity index (χ0v) is 12.0. The second kappa shape index (κ2) is 6.31. The topological polar surface area (TPSA) is 71.5 Å². The van der Waals surface area contributed by atoms with Gasteiger partial charge in [0.05, 0.1) is 0 Å². The Morgan fingerprint density at radius 3 is 3.06 bits per heavy atom. The molecule has 0 unspecified atom stereocenters. The highest BCUT2D eigenvalue weighted by molar-refractivity contribution is 7.98. The first-order valence-electron chi connectivity index (χ1n) is 5.38. The minimum atomic E-state index is -0.126. The number of nitrogens with one attached hydrogen (secondary N) is 1. The van der Waals surface area contributed by atoms with Crippen molar-refractivity contribution < 1.29 is 0 Å². The Labute approximate surface area is 117 Å². The van der Waals surface area contributed by atoms with Crippen molar-refractivity contribution in [3.8, 4) is 0 Å². The molecular formula is C10H11ClN4OS2. The van der Waals surface area contributed by atoms with E-state index in [-0.39, 0.29) is 5.56 Å². The second-order valence-corrected chi connectivity index (χ2v) is 5.89. The van der Waals surface area contributed by atoms with Crippen LogP contribution in [-0.2, 0) is 12.2 Å². The van der Waals surface area contributed by atoms with Crippen LogP contribution >= 0.6 is 34.9 Å². The molecule has 0 aliphatic heterocycles. The van der Waals surface area contributed by atoms with Crippen LogP contribution in [0.3, 0.4) is 0 Å². The van der Waals surface area contributed by atoms with E-state index in [2.05, 4.69) is 26.5 Å². The fourth-order valence-corrected chi connectivity index (χ4v) is 2.98. The molecule has 0 aliphatic rings. The van der Waals surface area contributed by atoms with Crippen molar-refractivity contribution in [1.29, 1.82) is 0 Å². The lowest BCUT2D eigenvalue weighted by Crippen LogP contribution is -2.10. The van der Waals surface area contributed by atoms with Crippen molar-refractivity contribution in [1.82, 2.24) is 19.6 Å². The minimum absolute atomic E-state index is 0.126. The van der Waals surface area contributed by atoms with E-state index in [1.807, 2.05) is 0 Å². The molecule has 1 N–H and O–H groups in total. The molecule has 2 aromatic heterocycles. The Morgan fingerprint density at radius 2 is 2.39 bits per heavy atom. The first-order chi connectivity index (χ1) is 8.69. The van der Waals surface area contributed by atoms with E-state index in [0.717, 1.165) is 35.8 Å². The number of hydrogen-bond acceptors (Lipinski definition) is 6. The molecule has 8 heteroatoms. The van der Waals surface area contributed by atoms with Gasteiger partial charge in [-0.3, -0.25) is 4.79 Å². The summed E-state index contributed by atoms with van der Waals surface area (Å²) >= 11 is 8.46. The van der Waals surface area contributed by atoms with Gasteiger partial charge in [-0.25, -0.2) is 4.98 Å². The highest BCUT2D eigenvalue weighted by Gasteiger charge is 2.08. The molecule has 2 aromatic rings. The average molecular weight is 303 g/mol. The van der Waals surface area contributed by atoms with E-state index >= 15 is 0 Å². The molecule has 5 nitrogen and oxygen atoms in total. The van der Waals surface area contributed by atoms with Gasteiger partial charge in [-0.1, -0.05) is 41.2 Å². The Bertz CT molecular complexity index is 583. The van der Waals surface area contributed by atoms with Gasteiger partial charge in [0.2, 0.25) is 0 Å². The number of hydrogen-bond donors (Lipinski definition) is 1. The number of aryl methyl sites for hydroxylation is 1. The van der Waals surface area contributed by atoms with Crippen LogP contribution in [0.5, 0.6) is 0 Å². The van der Waals surface area contributed by atoms with Gasteiger partial charge >= 0.3 is 0 Å². The van der Waals surface area contributed by atoms with Gasteiger partial charge in [0.1, 0.15) is 10.0 Å². The van der Waals surface area contributed by atoms with Crippen molar-refractivity contribution in [2.24, 2.45) is 0 Å². The van der Waals surface area contributed by atoms with Gasteiger partial charge in [0.25, 0.3) is 5.56 Å². The van der Waals surface area contributed by atoms with E-state index in [9.17, 15) is 4.79 Å². The van der Waals surface area contributed by atoms with Crippen LogP contribution < -0.4 is 5.56 Å². The Hall–Kier alpha value is -0.920. The summed E-state index contributed by atoms with van der Waals surface area (Å²) in [4.78, 5) is 18.5. The molecule has 0 fully saturated rings. The van der Waals surface area contributed by atoms with E-state index in [1.54, 1.807) is 0 Å². The van der Waals surface area contributed by atoms with Gasteiger partial charge in [0.15, 0.2) is 5.16 Å². The molecule has 0 saturated heterocycles. The summed E-state index contributed by atoms with van der Waals surface area (Å²) in [5.74, 6) is 0.549. The van der Waals surface area contributed by atoms with Crippen molar-refractivity contribution in [2.45, 2.75) is 30.7 Å². The van der Waals surface area contributed by atoms with Crippen LogP contribution in [0.4, 0.5) is 0 Å². The van der Waals surface area contributed by atoms with E-state index in [4.69, 9.17) is 11.6 Å². The standard InChI is InChI=1S/C10H11ClN4OS2/c1-2-3-6-4-8(16)13-10(12-6)17-5-7-9(11)18-15-14-7/h4H,2-3,5H2,1H3,(H,12,13,16). The predicted molar refractivity (Wildman–Crippen MR) is 73.3 cm³/mol. The number of halogens is 1. The fourth-order valence-electron chi connectivity index (χ4n) is 1.36. The van der Waals surface area contributed by atoms with E-state index < -0.39 is 0 Å². The van der Waals surface area contributed by atoms with Gasteiger partial charge in [0, 0.05) is 29.0 Å². The number of aromatic amines is 1. The van der Waals surface area contributed by atoms with Crippen LogP contribution in [0.2, 0.25) is 4.34 Å². The van der Waals surface area contributed by atoms with Gasteiger partial charge < -0.3 is 4.98 Å². The predicted octanol–water partition coefficient (Wildman–Crippen LogP) is 2.52. The normalized spacial score (nSPS) is 10.8. The number of thioether (sulfide) groups is 1. The summed E-state index contributed by atoms with van der Waals surface area (Å²) in [5.41, 5.74) is 1.40. The number of aromatic nitrogens is 4. The first kappa shape index (κ1) is 13.5. The molecule has 0 saturated carbocycles. The van der Waals surface area contributed by atoms with Crippen molar-refractivity contribution in [3.63, 3.8) is 0 Å². The lowest BCUT2D eigenvalue weighted by molar-refractivity contribution is 0.815. The molecule has 0 spiro atoms. The summed E-state index contributed by atoms with van der Waals surface area (Å²) in [6.45, 7) is 2.05. The number of nitrogens with zero attached hydrogens (tertiary/aromatic N) is 3. The second-order valence-electron chi connectivity index (χ2n) is 3.57. The maximum Gasteiger partial charge on any atom is 0.251 e. The van der Waals surface area contributed by atoms with E-state index in [1.165, 1.54) is 17.8 Å². The van der Waals surface area contributed by atoms with Crippen LogP contribution in [0, 0.1) is 0 Å². The summed E-state index contributed by atoms with van der Waals surface area (Å²) in [6, 6.07) is 1.53. The maximum atomic E-state index is 11.5. The molecule has 18 heavy (non-hydrogen) atoms. The molecule has 2 heterocycles. The number of rotatable bonds is 5. The third-order valence-electron chi connectivity index (χ3n) is 2.13. The molecule has 0 atom stereocenters. The molecule has 0 aliphatic carbocycles. The minimum Gasteiger partial charge on any atom is -0.301 e. The van der Waals surface area contributed by atoms with Crippen LogP contribution in [0.15, 0.2) is 16.0 Å². The maximum absolute atomic E-state index is 11.5. The zero-order valence-electron chi connectivity index (χ0n) is 9.64. The summed E-state index contributed by atoms with van der Waals surface area (Å²) in [5, 5.41) is 4.50. The van der Waals surface area contributed by atoms with Crippen molar-refractivity contribution >= 4 is 34.9 Å². The Balaban J connectivity index is 2.09. The molecule has 0 amide bonds. The fraction of sp³-hybridized carbons (Fsp3) is 0.400. The monoisotopic (exact) mass is 302 g/mol. The molecule has 0 bridgehead atoms. The largest absolute Gasteiger partial charge is 0.301 e. The van der Waals surface area contributed by atoms with Crippen molar-refractivity contribution in [2.75, 3.05) is 0 Å². The van der Waals surface area contributed by atoms with Gasteiger partial charge in [-0.05, 0) is 6.42 Å². The Morgan fingerprint density at radius 1 is 1.56 bits per heavy atom. The lowest BCUT2D eigenvalue weighted by Gasteiger charge is -2.02. The van der Waals surface area contributed by atoms with E-state index in [0.29, 0.717) is 15.2 Å². The van der Waals surface area contributed by atoms with Gasteiger partial charge in [-0.2, -0.15) is 0 Å². The van der Waals surface area contributed by atoms with Crippen LogP contribution in [0.25, 0.3) is 0 Å². The quantitative estimate of drug-likeness (QED) is 0.679. The summed E-state index contributed by atoms with van der Waals surface area (Å²) in [6.07, 6.45) is 1.76. The molecule has 0 radical (unpaired) electrons. The van der Waals surface area contributed by atoms with Crippen molar-refractivity contribution in [3.05, 3.63) is 32.1 Å². The average Bonchev–Trinajstić information content (AvgIpc) is 2.72. The van der Waals surface area contributed by atoms with Gasteiger partial charge in [-0.15, -0.1) is 5.10 Å². The molecule has 96 valence electrons. The molecule has 2 rings (SSSR count). The highest BCUT2D eigenvalue weighted by Crippen LogP contribution is 2.24. The van der Waals surface area contributed by atoms with Crippen LogP contribution in [-0.4, -0.2) is 19.6 Å². The SMILES string of the molecule is CCCc1cc(=O)[nH]c(SCc2nnsc2Cl)n1. The third kappa shape index (κ3) is 3.54. The highest BCUT2D eigenvalue weighted by atomic mass is 35.5. The molecule has 0 aromatic carbocycles. The van der Waals surface area contributed by atoms with Crippen LogP contribution in [0.1, 0.15) is 24.7 Å². The Kier molecular flexibility index (Phi) is 4.73. The smallest absolute Gasteiger partial charge is 0.251 e. The lowest BCUT2D eigenvalue weighted by atomic mass is 10.2. The third-order valence-corrected chi connectivity index (χ3v) is 4.00. The number of H-pyrrole nitrogens is 1. The summed E-state index contributed by atoms with van der Waals surface area (Å²) in [7, 11) is 0. The first-order valence-corrected chi connectivity index (χ1v) is 7.52.